The standard InChI is InChI=1S/C13H13FO2/c1-16-13(15)11-8-10(11)12(14)7-9-5-3-2-4-6-9/h2-7,10-11H,8H2,1H3/b12-7-. The molecule has 84 valence electrons. The van der Waals surface area contributed by atoms with Crippen LogP contribution in [0.1, 0.15) is 12.0 Å². The van der Waals surface area contributed by atoms with Gasteiger partial charge in [0, 0.05) is 5.92 Å². The largest absolute Gasteiger partial charge is 0.469 e. The van der Waals surface area contributed by atoms with Gasteiger partial charge >= 0.3 is 5.97 Å². The molecule has 0 aliphatic heterocycles. The van der Waals surface area contributed by atoms with Gasteiger partial charge in [0.05, 0.1) is 13.0 Å². The van der Waals surface area contributed by atoms with Gasteiger partial charge in [0.2, 0.25) is 0 Å². The molecule has 3 heteroatoms. The Labute approximate surface area is 93.7 Å². The van der Waals surface area contributed by atoms with Crippen molar-refractivity contribution >= 4 is 12.0 Å². The summed E-state index contributed by atoms with van der Waals surface area (Å²) in [6.07, 6.45) is 2.04. The molecule has 0 N–H and O–H groups in total. The lowest BCUT2D eigenvalue weighted by molar-refractivity contribution is -0.142. The molecule has 0 heterocycles. The van der Waals surface area contributed by atoms with Crippen LogP contribution in [0.4, 0.5) is 4.39 Å². The molecule has 2 atom stereocenters. The second kappa shape index (κ2) is 4.47. The number of allylic oxidation sites excluding steroid dienone is 1. The molecule has 2 rings (SSSR count). The highest BCUT2D eigenvalue weighted by Gasteiger charge is 2.46. The van der Waals surface area contributed by atoms with Crippen LogP contribution >= 0.6 is 0 Å². The zero-order valence-electron chi connectivity index (χ0n) is 9.02. The van der Waals surface area contributed by atoms with E-state index in [1.807, 2.05) is 30.3 Å². The lowest BCUT2D eigenvalue weighted by Gasteiger charge is -1.97. The average molecular weight is 220 g/mol. The number of carbonyl (C=O) groups is 1. The van der Waals surface area contributed by atoms with Gasteiger partial charge in [-0.05, 0) is 18.1 Å². The molecule has 1 saturated carbocycles. The first kappa shape index (κ1) is 10.9. The lowest BCUT2D eigenvalue weighted by Crippen LogP contribution is -2.04. The third-order valence-electron chi connectivity index (χ3n) is 2.75. The Kier molecular flexibility index (Phi) is 3.04. The Balaban J connectivity index is 2.03. The SMILES string of the molecule is COC(=O)C1CC1/C(F)=C/c1ccccc1. The van der Waals surface area contributed by atoms with Gasteiger partial charge in [-0.2, -0.15) is 0 Å². The fourth-order valence-corrected chi connectivity index (χ4v) is 1.73. The van der Waals surface area contributed by atoms with E-state index in [1.54, 1.807) is 0 Å². The van der Waals surface area contributed by atoms with Crippen molar-refractivity contribution in [3.05, 3.63) is 41.7 Å². The number of hydrogen-bond donors (Lipinski definition) is 0. The highest BCUT2D eigenvalue weighted by Crippen LogP contribution is 2.45. The number of halogens is 1. The quantitative estimate of drug-likeness (QED) is 0.732. The van der Waals surface area contributed by atoms with Crippen molar-refractivity contribution in [3.63, 3.8) is 0 Å². The third kappa shape index (κ3) is 2.30. The summed E-state index contributed by atoms with van der Waals surface area (Å²) in [6, 6.07) is 9.24. The molecular formula is C13H13FO2. The normalized spacial score (nSPS) is 24.0. The molecule has 2 unspecified atom stereocenters. The summed E-state index contributed by atoms with van der Waals surface area (Å²) in [5.74, 6) is -1.12. The second-order valence-electron chi connectivity index (χ2n) is 3.91. The van der Waals surface area contributed by atoms with Crippen molar-refractivity contribution in [3.8, 4) is 0 Å². The summed E-state index contributed by atoms with van der Waals surface area (Å²) in [6.45, 7) is 0. The molecule has 0 aromatic heterocycles. The fraction of sp³-hybridized carbons (Fsp3) is 0.308. The van der Waals surface area contributed by atoms with Crippen molar-refractivity contribution in [2.45, 2.75) is 6.42 Å². The minimum atomic E-state index is -0.318. The van der Waals surface area contributed by atoms with Gasteiger partial charge in [-0.25, -0.2) is 4.39 Å². The maximum atomic E-state index is 13.7. The molecule has 0 bridgehead atoms. The predicted octanol–water partition coefficient (Wildman–Crippen LogP) is 2.81. The van der Waals surface area contributed by atoms with E-state index < -0.39 is 0 Å². The van der Waals surface area contributed by atoms with Crippen LogP contribution in [0.3, 0.4) is 0 Å². The van der Waals surface area contributed by atoms with Gasteiger partial charge in [-0.3, -0.25) is 4.79 Å². The van der Waals surface area contributed by atoms with Crippen LogP contribution in [0.25, 0.3) is 6.08 Å². The lowest BCUT2D eigenvalue weighted by atomic mass is 10.1. The zero-order valence-corrected chi connectivity index (χ0v) is 9.02. The molecular weight excluding hydrogens is 207 g/mol. The molecule has 1 fully saturated rings. The van der Waals surface area contributed by atoms with Crippen LogP contribution in [0.2, 0.25) is 0 Å². The first-order chi connectivity index (χ1) is 7.72. The number of hydrogen-bond acceptors (Lipinski definition) is 2. The van der Waals surface area contributed by atoms with Crippen LogP contribution < -0.4 is 0 Å². The molecule has 0 amide bonds. The number of rotatable bonds is 3. The fourth-order valence-electron chi connectivity index (χ4n) is 1.73. The summed E-state index contributed by atoms with van der Waals surface area (Å²) in [5, 5.41) is 0. The number of esters is 1. The Morgan fingerprint density at radius 3 is 2.69 bits per heavy atom. The first-order valence-corrected chi connectivity index (χ1v) is 5.22. The molecule has 16 heavy (non-hydrogen) atoms. The summed E-state index contributed by atoms with van der Waals surface area (Å²) < 4.78 is 18.2. The van der Waals surface area contributed by atoms with E-state index in [0.29, 0.717) is 6.42 Å². The Morgan fingerprint density at radius 1 is 1.38 bits per heavy atom. The van der Waals surface area contributed by atoms with E-state index in [-0.39, 0.29) is 23.6 Å². The van der Waals surface area contributed by atoms with Crippen molar-refractivity contribution in [1.82, 2.24) is 0 Å². The van der Waals surface area contributed by atoms with Gasteiger partial charge in [0.15, 0.2) is 0 Å². The highest BCUT2D eigenvalue weighted by molar-refractivity contribution is 5.76. The molecule has 1 aromatic rings. The molecule has 1 aromatic carbocycles. The van der Waals surface area contributed by atoms with Gasteiger partial charge < -0.3 is 4.74 Å². The summed E-state index contributed by atoms with van der Waals surface area (Å²) in [5.41, 5.74) is 0.815. The molecule has 0 saturated heterocycles. The van der Waals surface area contributed by atoms with Gasteiger partial charge in [0.1, 0.15) is 5.83 Å². The monoisotopic (exact) mass is 220 g/mol. The Hall–Kier alpha value is -1.64. The Bertz CT molecular complexity index is 411. The maximum Gasteiger partial charge on any atom is 0.309 e. The van der Waals surface area contributed by atoms with Crippen molar-refractivity contribution in [2.75, 3.05) is 7.11 Å². The van der Waals surface area contributed by atoms with Crippen LogP contribution in [-0.2, 0) is 9.53 Å². The highest BCUT2D eigenvalue weighted by atomic mass is 19.1. The Morgan fingerprint density at radius 2 is 2.06 bits per heavy atom. The molecule has 1 aliphatic carbocycles. The molecule has 2 nitrogen and oxygen atoms in total. The van der Waals surface area contributed by atoms with Crippen LogP contribution in [0.5, 0.6) is 0 Å². The maximum absolute atomic E-state index is 13.7. The van der Waals surface area contributed by atoms with Gasteiger partial charge in [-0.1, -0.05) is 30.3 Å². The number of carbonyl (C=O) groups excluding carboxylic acids is 1. The average Bonchev–Trinajstić information content (AvgIpc) is 3.09. The van der Waals surface area contributed by atoms with E-state index in [4.69, 9.17) is 0 Å². The smallest absolute Gasteiger partial charge is 0.309 e. The van der Waals surface area contributed by atoms with Crippen molar-refractivity contribution in [2.24, 2.45) is 11.8 Å². The summed E-state index contributed by atoms with van der Waals surface area (Å²) >= 11 is 0. The van der Waals surface area contributed by atoms with Crippen molar-refractivity contribution < 1.29 is 13.9 Å². The molecule has 0 radical (unpaired) electrons. The number of ether oxygens (including phenoxy) is 1. The summed E-state index contributed by atoms with van der Waals surface area (Å²) in [7, 11) is 1.33. The molecule has 0 spiro atoms. The minimum Gasteiger partial charge on any atom is -0.469 e. The zero-order chi connectivity index (χ0) is 11.5. The first-order valence-electron chi connectivity index (χ1n) is 5.22. The molecule has 1 aliphatic rings. The van der Waals surface area contributed by atoms with Gasteiger partial charge in [0.25, 0.3) is 0 Å². The van der Waals surface area contributed by atoms with E-state index in [2.05, 4.69) is 4.74 Å². The topological polar surface area (TPSA) is 26.3 Å². The predicted molar refractivity (Wildman–Crippen MR) is 59.1 cm³/mol. The van der Waals surface area contributed by atoms with Crippen LogP contribution in [0, 0.1) is 11.8 Å². The number of methoxy groups -OCH3 is 1. The number of benzene rings is 1. The van der Waals surface area contributed by atoms with E-state index in [0.717, 1.165) is 5.56 Å². The van der Waals surface area contributed by atoms with Crippen molar-refractivity contribution in [1.29, 1.82) is 0 Å². The van der Waals surface area contributed by atoms with Crippen LogP contribution in [0.15, 0.2) is 36.2 Å². The van der Waals surface area contributed by atoms with E-state index in [9.17, 15) is 9.18 Å². The van der Waals surface area contributed by atoms with E-state index in [1.165, 1.54) is 13.2 Å². The minimum absolute atomic E-state index is 0.235. The van der Waals surface area contributed by atoms with Gasteiger partial charge in [-0.15, -0.1) is 0 Å². The van der Waals surface area contributed by atoms with E-state index >= 15 is 0 Å². The third-order valence-corrected chi connectivity index (χ3v) is 2.75. The second-order valence-corrected chi connectivity index (χ2v) is 3.91. The summed E-state index contributed by atoms with van der Waals surface area (Å²) in [4.78, 5) is 11.1. The van der Waals surface area contributed by atoms with Crippen LogP contribution in [-0.4, -0.2) is 13.1 Å².